The molecular weight excluding hydrogens is 350 g/mol. The lowest BCUT2D eigenvalue weighted by Gasteiger charge is -2.15. The van der Waals surface area contributed by atoms with Crippen LogP contribution in [0.2, 0.25) is 0 Å². The second-order valence-electron chi connectivity index (χ2n) is 5.47. The van der Waals surface area contributed by atoms with E-state index in [4.69, 9.17) is 4.74 Å². The van der Waals surface area contributed by atoms with Crippen molar-refractivity contribution in [2.75, 3.05) is 0 Å². The Kier molecular flexibility index (Phi) is 4.83. The van der Waals surface area contributed by atoms with Gasteiger partial charge < -0.3 is 4.74 Å². The highest BCUT2D eigenvalue weighted by Crippen LogP contribution is 2.37. The van der Waals surface area contributed by atoms with Gasteiger partial charge in [-0.2, -0.15) is 26.3 Å². The lowest BCUT2D eigenvalue weighted by atomic mass is 10.0. The van der Waals surface area contributed by atoms with E-state index in [1.54, 1.807) is 19.9 Å². The monoisotopic (exact) mass is 362 g/mol. The number of ether oxygens (including phenoxy) is 1. The number of carbonyl (C=O) groups excluding carboxylic acids is 1. The van der Waals surface area contributed by atoms with Crippen LogP contribution in [0.5, 0.6) is 5.75 Å². The van der Waals surface area contributed by atoms with Gasteiger partial charge in [0.2, 0.25) is 0 Å². The van der Waals surface area contributed by atoms with Crippen LogP contribution in [0.1, 0.15) is 32.6 Å². The van der Waals surface area contributed by atoms with Crippen molar-refractivity contribution in [3.63, 3.8) is 0 Å². The van der Waals surface area contributed by atoms with Gasteiger partial charge in [0, 0.05) is 0 Å². The van der Waals surface area contributed by atoms with E-state index in [0.717, 1.165) is 0 Å². The minimum Gasteiger partial charge on any atom is -0.423 e. The molecule has 2 aromatic rings. The number of rotatable bonds is 2. The molecule has 0 amide bonds. The van der Waals surface area contributed by atoms with Crippen LogP contribution >= 0.6 is 0 Å². The topological polar surface area (TPSA) is 26.3 Å². The number of esters is 1. The molecular formula is C17H12F6O2. The summed E-state index contributed by atoms with van der Waals surface area (Å²) in [6, 6.07) is 5.17. The first-order valence-electron chi connectivity index (χ1n) is 6.97. The minimum atomic E-state index is -5.00. The number of hydrogen-bond acceptors (Lipinski definition) is 2. The third-order valence-electron chi connectivity index (χ3n) is 3.28. The Morgan fingerprint density at radius 1 is 0.840 bits per heavy atom. The van der Waals surface area contributed by atoms with Crippen LogP contribution in [0, 0.1) is 13.8 Å². The zero-order valence-corrected chi connectivity index (χ0v) is 13.0. The van der Waals surface area contributed by atoms with Gasteiger partial charge in [-0.3, -0.25) is 0 Å². The lowest BCUT2D eigenvalue weighted by molar-refractivity contribution is -0.141. The van der Waals surface area contributed by atoms with Crippen molar-refractivity contribution in [1.29, 1.82) is 0 Å². The van der Waals surface area contributed by atoms with E-state index < -0.39 is 35.0 Å². The quantitative estimate of drug-likeness (QED) is 0.397. The Labute approximate surface area is 139 Å². The van der Waals surface area contributed by atoms with Crippen LogP contribution in [-0.4, -0.2) is 5.97 Å². The fraction of sp³-hybridized carbons (Fsp3) is 0.235. The number of halogens is 6. The Morgan fingerprint density at radius 3 is 1.88 bits per heavy atom. The summed E-state index contributed by atoms with van der Waals surface area (Å²) in [4.78, 5) is 12.1. The van der Waals surface area contributed by atoms with Crippen LogP contribution < -0.4 is 4.74 Å². The molecule has 0 heterocycles. The van der Waals surface area contributed by atoms with Crippen LogP contribution in [0.4, 0.5) is 26.3 Å². The molecule has 25 heavy (non-hydrogen) atoms. The van der Waals surface area contributed by atoms with Gasteiger partial charge in [0.1, 0.15) is 5.75 Å². The highest BCUT2D eigenvalue weighted by atomic mass is 19.4. The van der Waals surface area contributed by atoms with Gasteiger partial charge in [-0.05, 0) is 55.3 Å². The summed E-state index contributed by atoms with van der Waals surface area (Å²) in [5, 5.41) is 0. The number of aryl methyl sites for hydroxylation is 2. The SMILES string of the molecule is Cc1cc(C)cc(OC(=O)c2cc(C(F)(F)F)ccc2C(F)(F)F)c1. The number of benzene rings is 2. The van der Waals surface area contributed by atoms with E-state index >= 15 is 0 Å². The molecule has 0 radical (unpaired) electrons. The van der Waals surface area contributed by atoms with E-state index in [1.165, 1.54) is 12.1 Å². The van der Waals surface area contributed by atoms with E-state index in [9.17, 15) is 31.1 Å². The molecule has 0 saturated heterocycles. The van der Waals surface area contributed by atoms with Crippen LogP contribution in [0.3, 0.4) is 0 Å². The largest absolute Gasteiger partial charge is 0.423 e. The van der Waals surface area contributed by atoms with Crippen molar-refractivity contribution >= 4 is 5.97 Å². The Bertz CT molecular complexity index is 786. The maximum Gasteiger partial charge on any atom is 0.417 e. The van der Waals surface area contributed by atoms with Crippen molar-refractivity contribution in [3.8, 4) is 5.75 Å². The molecule has 134 valence electrons. The van der Waals surface area contributed by atoms with Crippen LogP contribution in [0.25, 0.3) is 0 Å². The van der Waals surface area contributed by atoms with Crippen molar-refractivity contribution in [2.24, 2.45) is 0 Å². The molecule has 2 rings (SSSR count). The zero-order chi connectivity index (χ0) is 19.0. The number of hydrogen-bond donors (Lipinski definition) is 0. The molecule has 0 fully saturated rings. The van der Waals surface area contributed by atoms with Crippen molar-refractivity contribution in [2.45, 2.75) is 26.2 Å². The summed E-state index contributed by atoms with van der Waals surface area (Å²) < 4.78 is 82.2. The molecule has 0 atom stereocenters. The molecule has 2 nitrogen and oxygen atoms in total. The van der Waals surface area contributed by atoms with Crippen LogP contribution in [0.15, 0.2) is 36.4 Å². The molecule has 0 N–H and O–H groups in total. The first-order valence-corrected chi connectivity index (χ1v) is 6.97. The van der Waals surface area contributed by atoms with Crippen molar-refractivity contribution in [1.82, 2.24) is 0 Å². The molecule has 8 heteroatoms. The summed E-state index contributed by atoms with van der Waals surface area (Å²) in [7, 11) is 0. The minimum absolute atomic E-state index is 0.0481. The molecule has 0 saturated carbocycles. The predicted molar refractivity (Wildman–Crippen MR) is 77.3 cm³/mol. The molecule has 0 bridgehead atoms. The molecule has 0 aliphatic carbocycles. The summed E-state index contributed by atoms with van der Waals surface area (Å²) >= 11 is 0. The van der Waals surface area contributed by atoms with Gasteiger partial charge in [-0.15, -0.1) is 0 Å². The van der Waals surface area contributed by atoms with Gasteiger partial charge in [0.25, 0.3) is 0 Å². The van der Waals surface area contributed by atoms with E-state index in [1.807, 2.05) is 0 Å². The van der Waals surface area contributed by atoms with Crippen LogP contribution in [-0.2, 0) is 12.4 Å². The maximum absolute atomic E-state index is 13.0. The predicted octanol–water partition coefficient (Wildman–Crippen LogP) is 5.56. The summed E-state index contributed by atoms with van der Waals surface area (Å²) in [6.45, 7) is 3.35. The standard InChI is InChI=1S/C17H12F6O2/c1-9-5-10(2)7-12(6-9)25-15(24)13-8-11(16(18,19)20)3-4-14(13)17(21,22)23/h3-8H,1-2H3. The van der Waals surface area contributed by atoms with Gasteiger partial charge in [-0.1, -0.05) is 6.07 Å². The average molecular weight is 362 g/mol. The van der Waals surface area contributed by atoms with Crippen molar-refractivity contribution < 1.29 is 35.9 Å². The van der Waals surface area contributed by atoms with E-state index in [2.05, 4.69) is 0 Å². The molecule has 0 aliphatic rings. The average Bonchev–Trinajstić information content (AvgIpc) is 2.43. The Hall–Kier alpha value is -2.51. The first kappa shape index (κ1) is 18.8. The normalized spacial score (nSPS) is 12.2. The van der Waals surface area contributed by atoms with Gasteiger partial charge in [0.05, 0.1) is 16.7 Å². The highest BCUT2D eigenvalue weighted by molar-refractivity contribution is 5.93. The number of carbonyl (C=O) groups is 1. The summed E-state index contributed by atoms with van der Waals surface area (Å²) in [6.07, 6.45) is -9.89. The number of alkyl halides is 6. The molecule has 0 aliphatic heterocycles. The molecule has 2 aromatic carbocycles. The summed E-state index contributed by atoms with van der Waals surface area (Å²) in [5.74, 6) is -1.56. The second kappa shape index (κ2) is 6.42. The zero-order valence-electron chi connectivity index (χ0n) is 13.0. The second-order valence-corrected chi connectivity index (χ2v) is 5.47. The van der Waals surface area contributed by atoms with Gasteiger partial charge >= 0.3 is 18.3 Å². The lowest BCUT2D eigenvalue weighted by Crippen LogP contribution is -2.19. The third kappa shape index (κ3) is 4.52. The fourth-order valence-corrected chi connectivity index (χ4v) is 2.29. The third-order valence-corrected chi connectivity index (χ3v) is 3.28. The fourth-order valence-electron chi connectivity index (χ4n) is 2.29. The summed E-state index contributed by atoms with van der Waals surface area (Å²) in [5.41, 5.74) is -2.69. The molecule has 0 spiro atoms. The van der Waals surface area contributed by atoms with Crippen molar-refractivity contribution in [3.05, 3.63) is 64.2 Å². The van der Waals surface area contributed by atoms with E-state index in [-0.39, 0.29) is 23.9 Å². The van der Waals surface area contributed by atoms with Gasteiger partial charge in [0.15, 0.2) is 0 Å². The Balaban J connectivity index is 2.49. The van der Waals surface area contributed by atoms with Gasteiger partial charge in [-0.25, -0.2) is 4.79 Å². The smallest absolute Gasteiger partial charge is 0.417 e. The molecule has 0 unspecified atom stereocenters. The van der Waals surface area contributed by atoms with E-state index in [0.29, 0.717) is 11.1 Å². The first-order chi connectivity index (χ1) is 11.4. The maximum atomic E-state index is 13.0. The molecule has 0 aromatic heterocycles. The Morgan fingerprint density at radius 2 is 1.40 bits per heavy atom. The highest BCUT2D eigenvalue weighted by Gasteiger charge is 2.39.